The lowest BCUT2D eigenvalue weighted by Gasteiger charge is -2.11. The number of H-pyrrole nitrogens is 1. The van der Waals surface area contributed by atoms with E-state index in [0.717, 1.165) is 27.8 Å². The molecule has 17 heavy (non-hydrogen) atoms. The Labute approximate surface area is 97.7 Å². The first-order chi connectivity index (χ1) is 8.16. The largest absolute Gasteiger partial charge is 0.508 e. The van der Waals surface area contributed by atoms with Crippen LogP contribution >= 0.6 is 0 Å². The number of rotatable bonds is 1. The van der Waals surface area contributed by atoms with Crippen LogP contribution in [0.1, 0.15) is 0 Å². The molecule has 2 N–H and O–H groups in total. The van der Waals surface area contributed by atoms with Crippen molar-refractivity contribution in [2.24, 2.45) is 0 Å². The number of nitrogens with one attached hydrogen (secondary N) is 1. The molecular formula is C12H12N4O. The molecule has 0 bridgehead atoms. The van der Waals surface area contributed by atoms with E-state index in [1.807, 2.05) is 25.1 Å². The zero-order valence-corrected chi connectivity index (χ0v) is 9.60. The fraction of sp³-hybridized carbons (Fsp3) is 0.167. The van der Waals surface area contributed by atoms with E-state index in [9.17, 15) is 5.11 Å². The number of hydrogen-bond donors (Lipinski definition) is 2. The predicted octanol–water partition coefficient (Wildman–Crippen LogP) is 1.88. The van der Waals surface area contributed by atoms with Crippen molar-refractivity contribution < 1.29 is 5.11 Å². The van der Waals surface area contributed by atoms with E-state index in [-0.39, 0.29) is 5.75 Å². The van der Waals surface area contributed by atoms with Gasteiger partial charge < -0.3 is 15.0 Å². The van der Waals surface area contributed by atoms with Gasteiger partial charge in [-0.25, -0.2) is 9.97 Å². The van der Waals surface area contributed by atoms with Crippen molar-refractivity contribution in [1.82, 2.24) is 15.0 Å². The average molecular weight is 228 g/mol. The lowest BCUT2D eigenvalue weighted by atomic mass is 10.2. The molecule has 86 valence electrons. The van der Waals surface area contributed by atoms with E-state index in [1.165, 1.54) is 6.33 Å². The van der Waals surface area contributed by atoms with Gasteiger partial charge in [0.1, 0.15) is 23.5 Å². The number of aromatic hydroxyl groups is 1. The molecule has 0 aliphatic rings. The van der Waals surface area contributed by atoms with E-state index in [4.69, 9.17) is 0 Å². The normalized spacial score (nSPS) is 11.2. The monoisotopic (exact) mass is 228 g/mol. The molecule has 0 unspecified atom stereocenters. The van der Waals surface area contributed by atoms with Gasteiger partial charge in [0, 0.05) is 25.0 Å². The number of aromatic nitrogens is 3. The van der Waals surface area contributed by atoms with Crippen LogP contribution in [-0.4, -0.2) is 34.2 Å². The lowest BCUT2D eigenvalue weighted by Crippen LogP contribution is -2.11. The highest BCUT2D eigenvalue weighted by Gasteiger charge is 2.12. The fourth-order valence-electron chi connectivity index (χ4n) is 2.03. The van der Waals surface area contributed by atoms with Gasteiger partial charge >= 0.3 is 0 Å². The van der Waals surface area contributed by atoms with Crippen LogP contribution in [0.25, 0.3) is 21.9 Å². The summed E-state index contributed by atoms with van der Waals surface area (Å²) in [5, 5.41) is 11.4. The molecule has 3 aromatic rings. The van der Waals surface area contributed by atoms with Crippen molar-refractivity contribution >= 4 is 27.8 Å². The van der Waals surface area contributed by atoms with Crippen molar-refractivity contribution in [3.8, 4) is 5.75 Å². The van der Waals surface area contributed by atoms with Crippen molar-refractivity contribution in [3.63, 3.8) is 0 Å². The maximum absolute atomic E-state index is 9.57. The van der Waals surface area contributed by atoms with Crippen LogP contribution in [0.15, 0.2) is 24.5 Å². The Hall–Kier alpha value is -2.30. The Morgan fingerprint density at radius 2 is 2.06 bits per heavy atom. The molecule has 1 aromatic carbocycles. The second-order valence-electron chi connectivity index (χ2n) is 4.17. The van der Waals surface area contributed by atoms with Gasteiger partial charge in [-0.2, -0.15) is 0 Å². The third kappa shape index (κ3) is 1.39. The Kier molecular flexibility index (Phi) is 1.95. The Morgan fingerprint density at radius 3 is 2.82 bits per heavy atom. The van der Waals surface area contributed by atoms with Gasteiger partial charge in [-0.05, 0) is 18.2 Å². The second-order valence-corrected chi connectivity index (χ2v) is 4.17. The van der Waals surface area contributed by atoms with Gasteiger partial charge in [0.15, 0.2) is 0 Å². The van der Waals surface area contributed by atoms with Crippen molar-refractivity contribution in [2.75, 3.05) is 19.0 Å². The summed E-state index contributed by atoms with van der Waals surface area (Å²) in [7, 11) is 3.87. The quantitative estimate of drug-likeness (QED) is 0.667. The van der Waals surface area contributed by atoms with E-state index >= 15 is 0 Å². The summed E-state index contributed by atoms with van der Waals surface area (Å²) in [6.45, 7) is 0. The number of anilines is 1. The lowest BCUT2D eigenvalue weighted by molar-refractivity contribution is 0.476. The van der Waals surface area contributed by atoms with E-state index in [2.05, 4.69) is 15.0 Å². The molecule has 2 aromatic heterocycles. The molecule has 2 heterocycles. The van der Waals surface area contributed by atoms with Gasteiger partial charge in [-0.15, -0.1) is 0 Å². The fourth-order valence-corrected chi connectivity index (χ4v) is 2.03. The maximum atomic E-state index is 9.57. The van der Waals surface area contributed by atoms with Crippen LogP contribution in [0.2, 0.25) is 0 Å². The third-order valence-electron chi connectivity index (χ3n) is 2.78. The average Bonchev–Trinajstić information content (AvgIpc) is 2.66. The number of nitrogens with zero attached hydrogens (tertiary/aromatic N) is 3. The van der Waals surface area contributed by atoms with Crippen LogP contribution < -0.4 is 4.90 Å². The zero-order chi connectivity index (χ0) is 12.0. The second kappa shape index (κ2) is 3.35. The van der Waals surface area contributed by atoms with Crippen LogP contribution in [-0.2, 0) is 0 Å². The molecule has 5 nitrogen and oxygen atoms in total. The molecule has 0 atom stereocenters. The summed E-state index contributed by atoms with van der Waals surface area (Å²) >= 11 is 0. The van der Waals surface area contributed by atoms with Crippen LogP contribution in [0.5, 0.6) is 5.75 Å². The predicted molar refractivity (Wildman–Crippen MR) is 67.4 cm³/mol. The minimum atomic E-state index is 0.243. The highest BCUT2D eigenvalue weighted by atomic mass is 16.3. The summed E-state index contributed by atoms with van der Waals surface area (Å²) in [6, 6.07) is 5.22. The molecule has 0 aliphatic carbocycles. The standard InChI is InChI=1S/C12H12N4O/c1-16(2)12-10-8-5-7(17)3-4-9(8)15-11(10)13-6-14-12/h3-6,17H,1-2H3,(H,13,14,15). The summed E-state index contributed by atoms with van der Waals surface area (Å²) in [4.78, 5) is 13.6. The van der Waals surface area contributed by atoms with Crippen molar-refractivity contribution in [3.05, 3.63) is 24.5 Å². The molecule has 0 amide bonds. The number of benzene rings is 1. The first-order valence-electron chi connectivity index (χ1n) is 5.29. The molecule has 0 saturated heterocycles. The number of fused-ring (bicyclic) bond motifs is 3. The number of phenolic OH excluding ortho intramolecular Hbond substituents is 1. The van der Waals surface area contributed by atoms with Crippen LogP contribution in [0.4, 0.5) is 5.82 Å². The topological polar surface area (TPSA) is 65.0 Å². The van der Waals surface area contributed by atoms with E-state index in [1.54, 1.807) is 12.1 Å². The van der Waals surface area contributed by atoms with Gasteiger partial charge in [0.25, 0.3) is 0 Å². The Morgan fingerprint density at radius 1 is 1.24 bits per heavy atom. The Bertz CT molecular complexity index is 702. The first-order valence-corrected chi connectivity index (χ1v) is 5.29. The summed E-state index contributed by atoms with van der Waals surface area (Å²) in [5.74, 6) is 1.08. The molecule has 3 rings (SSSR count). The number of aromatic amines is 1. The smallest absolute Gasteiger partial charge is 0.143 e. The van der Waals surface area contributed by atoms with Crippen molar-refractivity contribution in [1.29, 1.82) is 0 Å². The van der Waals surface area contributed by atoms with Gasteiger partial charge in [0.05, 0.1) is 5.39 Å². The highest BCUT2D eigenvalue weighted by Crippen LogP contribution is 2.31. The van der Waals surface area contributed by atoms with Gasteiger partial charge in [0.2, 0.25) is 0 Å². The zero-order valence-electron chi connectivity index (χ0n) is 9.60. The third-order valence-corrected chi connectivity index (χ3v) is 2.78. The first kappa shape index (κ1) is 9.89. The molecule has 0 aliphatic heterocycles. The highest BCUT2D eigenvalue weighted by molar-refractivity contribution is 6.11. The maximum Gasteiger partial charge on any atom is 0.143 e. The molecule has 5 heteroatoms. The van der Waals surface area contributed by atoms with Gasteiger partial charge in [-0.3, -0.25) is 0 Å². The molecule has 0 fully saturated rings. The van der Waals surface area contributed by atoms with Gasteiger partial charge in [-0.1, -0.05) is 0 Å². The van der Waals surface area contributed by atoms with E-state index < -0.39 is 0 Å². The summed E-state index contributed by atoms with van der Waals surface area (Å²) < 4.78 is 0. The molecule has 0 saturated carbocycles. The molecule has 0 spiro atoms. The van der Waals surface area contributed by atoms with Crippen LogP contribution in [0, 0.1) is 0 Å². The minimum Gasteiger partial charge on any atom is -0.508 e. The summed E-state index contributed by atoms with van der Waals surface area (Å²) in [6.07, 6.45) is 1.53. The Balaban J connectivity index is 2.51. The SMILES string of the molecule is CN(C)c1ncnc2[nH]c3ccc(O)cc3c12. The molecule has 0 radical (unpaired) electrons. The van der Waals surface area contributed by atoms with Crippen LogP contribution in [0.3, 0.4) is 0 Å². The summed E-state index contributed by atoms with van der Waals surface area (Å²) in [5.41, 5.74) is 1.73. The van der Waals surface area contributed by atoms with E-state index in [0.29, 0.717) is 0 Å². The number of hydrogen-bond acceptors (Lipinski definition) is 4. The van der Waals surface area contributed by atoms with Crippen molar-refractivity contribution in [2.45, 2.75) is 0 Å². The number of phenols is 1. The minimum absolute atomic E-state index is 0.243. The molecular weight excluding hydrogens is 216 g/mol.